The van der Waals surface area contributed by atoms with Crippen molar-refractivity contribution in [2.45, 2.75) is 32.1 Å². The van der Waals surface area contributed by atoms with Gasteiger partial charge in [-0.25, -0.2) is 0 Å². The van der Waals surface area contributed by atoms with Gasteiger partial charge in [-0.3, -0.25) is 4.99 Å². The highest BCUT2D eigenvalue weighted by Gasteiger charge is 2.33. The average Bonchev–Trinajstić information content (AvgIpc) is 3.07. The molecule has 1 aromatic rings. The number of aliphatic imine (C=N–C) groups is 1. The van der Waals surface area contributed by atoms with Gasteiger partial charge in [0.2, 0.25) is 0 Å². The van der Waals surface area contributed by atoms with Crippen LogP contribution in [0.1, 0.15) is 32.1 Å². The molecule has 1 aliphatic carbocycles. The highest BCUT2D eigenvalue weighted by Crippen LogP contribution is 2.41. The van der Waals surface area contributed by atoms with Crippen molar-refractivity contribution in [3.63, 3.8) is 0 Å². The number of hydrogen-bond acceptors (Lipinski definition) is 4. The normalized spacial score (nSPS) is 16.2. The molecule has 2 rings (SSSR count). The Morgan fingerprint density at radius 3 is 2.44 bits per heavy atom. The maximum absolute atomic E-state index is 6.07. The molecule has 0 amide bonds. The van der Waals surface area contributed by atoms with Crippen molar-refractivity contribution in [2.75, 3.05) is 39.8 Å². The zero-order chi connectivity index (χ0) is 17.4. The van der Waals surface area contributed by atoms with E-state index in [0.29, 0.717) is 17.5 Å². The number of anilines is 1. The fourth-order valence-electron chi connectivity index (χ4n) is 3.29. The summed E-state index contributed by atoms with van der Waals surface area (Å²) in [6.45, 7) is 1.51. The second-order valence-corrected chi connectivity index (χ2v) is 6.35. The highest BCUT2D eigenvalue weighted by molar-refractivity contribution is 14.0. The largest absolute Gasteiger partial charge is 0.493 e. The van der Waals surface area contributed by atoms with Crippen LogP contribution in [-0.2, 0) is 4.74 Å². The van der Waals surface area contributed by atoms with Crippen molar-refractivity contribution in [1.29, 1.82) is 0 Å². The van der Waals surface area contributed by atoms with Crippen LogP contribution in [0.3, 0.4) is 0 Å². The predicted octanol–water partition coefficient (Wildman–Crippen LogP) is 3.65. The van der Waals surface area contributed by atoms with Gasteiger partial charge in [-0.2, -0.15) is 0 Å². The van der Waals surface area contributed by atoms with Gasteiger partial charge in [-0.15, -0.1) is 24.0 Å². The molecule has 0 aromatic heterocycles. The van der Waals surface area contributed by atoms with Crippen LogP contribution in [0, 0.1) is 5.41 Å². The summed E-state index contributed by atoms with van der Waals surface area (Å²) in [5, 5.41) is 3.13. The van der Waals surface area contributed by atoms with Crippen molar-refractivity contribution in [3.05, 3.63) is 18.2 Å². The first-order valence-electron chi connectivity index (χ1n) is 8.40. The summed E-state index contributed by atoms with van der Waals surface area (Å²) in [7, 11) is 4.97. The third kappa shape index (κ3) is 6.22. The fraction of sp³-hybridized carbons (Fsp3) is 0.611. The quantitative estimate of drug-likeness (QED) is 0.350. The number of halogens is 1. The number of nitrogens with two attached hydrogens (primary N) is 1. The Morgan fingerprint density at radius 1 is 1.16 bits per heavy atom. The van der Waals surface area contributed by atoms with E-state index in [1.807, 2.05) is 18.2 Å². The molecule has 1 aromatic carbocycles. The second kappa shape index (κ2) is 10.7. The summed E-state index contributed by atoms with van der Waals surface area (Å²) >= 11 is 0. The van der Waals surface area contributed by atoms with E-state index in [-0.39, 0.29) is 29.4 Å². The lowest BCUT2D eigenvalue weighted by molar-refractivity contribution is 0.141. The Balaban J connectivity index is 0.00000312. The van der Waals surface area contributed by atoms with Gasteiger partial charge in [-0.1, -0.05) is 12.8 Å². The Kier molecular flexibility index (Phi) is 9.34. The monoisotopic (exact) mass is 463 g/mol. The van der Waals surface area contributed by atoms with Gasteiger partial charge in [0, 0.05) is 32.0 Å². The minimum atomic E-state index is 0. The molecule has 6 nitrogen and oxygen atoms in total. The zero-order valence-corrected chi connectivity index (χ0v) is 17.7. The Hall–Kier alpha value is -1.22. The van der Waals surface area contributed by atoms with E-state index in [4.69, 9.17) is 19.9 Å². The molecule has 3 N–H and O–H groups in total. The van der Waals surface area contributed by atoms with Gasteiger partial charge in [0.05, 0.1) is 14.2 Å². The van der Waals surface area contributed by atoms with E-state index < -0.39 is 0 Å². The predicted molar refractivity (Wildman–Crippen MR) is 112 cm³/mol. The van der Waals surface area contributed by atoms with Crippen LogP contribution in [0.2, 0.25) is 0 Å². The Labute approximate surface area is 167 Å². The topological polar surface area (TPSA) is 78.1 Å². The molecule has 0 radical (unpaired) electrons. The molecule has 7 heteroatoms. The first kappa shape index (κ1) is 21.8. The SMILES string of the molecule is COCCC1(CN=C(N)Nc2ccc(OC)c(OC)c2)CCCC1.I. The summed E-state index contributed by atoms with van der Waals surface area (Å²) in [5.74, 6) is 1.76. The Bertz CT molecular complexity index is 560. The number of methoxy groups -OCH3 is 3. The molecule has 1 fully saturated rings. The van der Waals surface area contributed by atoms with Crippen LogP contribution in [0.25, 0.3) is 0 Å². The molecule has 0 atom stereocenters. The lowest BCUT2D eigenvalue weighted by Crippen LogP contribution is -2.28. The fourth-order valence-corrected chi connectivity index (χ4v) is 3.29. The number of nitrogens with one attached hydrogen (secondary N) is 1. The van der Waals surface area contributed by atoms with Crippen LogP contribution in [-0.4, -0.2) is 40.4 Å². The summed E-state index contributed by atoms with van der Waals surface area (Å²) in [6.07, 6.45) is 5.97. The number of nitrogens with zero attached hydrogens (tertiary/aromatic N) is 1. The molecular formula is C18H30IN3O3. The maximum Gasteiger partial charge on any atom is 0.193 e. The molecular weight excluding hydrogens is 433 g/mol. The lowest BCUT2D eigenvalue weighted by Gasteiger charge is -2.26. The van der Waals surface area contributed by atoms with Gasteiger partial charge < -0.3 is 25.3 Å². The molecule has 0 unspecified atom stereocenters. The van der Waals surface area contributed by atoms with Crippen molar-refractivity contribution in [2.24, 2.45) is 16.1 Å². The molecule has 1 saturated carbocycles. The second-order valence-electron chi connectivity index (χ2n) is 6.35. The molecule has 0 aliphatic heterocycles. The third-order valence-electron chi connectivity index (χ3n) is 4.74. The van der Waals surface area contributed by atoms with Crippen molar-refractivity contribution in [3.8, 4) is 11.5 Å². The van der Waals surface area contributed by atoms with E-state index >= 15 is 0 Å². The lowest BCUT2D eigenvalue weighted by atomic mass is 9.83. The molecule has 0 bridgehead atoms. The average molecular weight is 463 g/mol. The molecule has 0 spiro atoms. The van der Waals surface area contributed by atoms with E-state index in [9.17, 15) is 0 Å². The van der Waals surface area contributed by atoms with E-state index in [1.54, 1.807) is 21.3 Å². The minimum absolute atomic E-state index is 0. The van der Waals surface area contributed by atoms with Crippen LogP contribution in [0.15, 0.2) is 23.2 Å². The first-order valence-corrected chi connectivity index (χ1v) is 8.40. The van der Waals surface area contributed by atoms with Crippen LogP contribution < -0.4 is 20.5 Å². The number of benzene rings is 1. The van der Waals surface area contributed by atoms with E-state index in [1.165, 1.54) is 25.7 Å². The molecule has 0 saturated heterocycles. The summed E-state index contributed by atoms with van der Waals surface area (Å²) in [5.41, 5.74) is 7.13. The van der Waals surface area contributed by atoms with Gasteiger partial charge in [0.1, 0.15) is 0 Å². The zero-order valence-electron chi connectivity index (χ0n) is 15.3. The smallest absolute Gasteiger partial charge is 0.193 e. The van der Waals surface area contributed by atoms with Crippen molar-refractivity contribution < 1.29 is 14.2 Å². The number of rotatable bonds is 8. The molecule has 142 valence electrons. The number of ether oxygens (including phenoxy) is 3. The first-order chi connectivity index (χ1) is 11.6. The van der Waals surface area contributed by atoms with Crippen molar-refractivity contribution in [1.82, 2.24) is 0 Å². The van der Waals surface area contributed by atoms with Gasteiger partial charge in [-0.05, 0) is 36.8 Å². The maximum atomic E-state index is 6.07. The van der Waals surface area contributed by atoms with Crippen molar-refractivity contribution >= 4 is 35.6 Å². The minimum Gasteiger partial charge on any atom is -0.493 e. The number of hydrogen-bond donors (Lipinski definition) is 2. The van der Waals surface area contributed by atoms with Gasteiger partial charge in [0.25, 0.3) is 0 Å². The summed E-state index contributed by atoms with van der Waals surface area (Å²) < 4.78 is 15.8. The Morgan fingerprint density at radius 2 is 1.84 bits per heavy atom. The van der Waals surface area contributed by atoms with Crippen LogP contribution >= 0.6 is 24.0 Å². The van der Waals surface area contributed by atoms with E-state index in [2.05, 4.69) is 10.3 Å². The summed E-state index contributed by atoms with van der Waals surface area (Å²) in [4.78, 5) is 4.58. The van der Waals surface area contributed by atoms with Crippen LogP contribution in [0.4, 0.5) is 5.69 Å². The number of guanidine groups is 1. The highest BCUT2D eigenvalue weighted by atomic mass is 127. The summed E-state index contributed by atoms with van der Waals surface area (Å²) in [6, 6.07) is 5.57. The van der Waals surface area contributed by atoms with Gasteiger partial charge >= 0.3 is 0 Å². The van der Waals surface area contributed by atoms with Crippen LogP contribution in [0.5, 0.6) is 11.5 Å². The standard InChI is InChI=1S/C18H29N3O3.HI/c1-22-11-10-18(8-4-5-9-18)13-20-17(19)21-14-6-7-15(23-2)16(12-14)24-3;/h6-7,12H,4-5,8-11,13H2,1-3H3,(H3,19,20,21);1H. The van der Waals surface area contributed by atoms with E-state index in [0.717, 1.165) is 25.3 Å². The molecule has 0 heterocycles. The molecule has 1 aliphatic rings. The molecule has 25 heavy (non-hydrogen) atoms. The third-order valence-corrected chi connectivity index (χ3v) is 4.74. The van der Waals surface area contributed by atoms with Gasteiger partial charge in [0.15, 0.2) is 17.5 Å².